The van der Waals surface area contributed by atoms with Crippen LogP contribution in [0.4, 0.5) is 4.79 Å². The van der Waals surface area contributed by atoms with Gasteiger partial charge in [0.15, 0.2) is 0 Å². The molecule has 2 rings (SSSR count). The molecule has 2 atom stereocenters. The van der Waals surface area contributed by atoms with E-state index in [1.807, 2.05) is 0 Å². The summed E-state index contributed by atoms with van der Waals surface area (Å²) in [6, 6.07) is 0. The molecule has 4 heteroatoms. The molecule has 1 aliphatic carbocycles. The van der Waals surface area contributed by atoms with Crippen molar-refractivity contribution in [2.24, 2.45) is 5.92 Å². The fourth-order valence-corrected chi connectivity index (χ4v) is 1.90. The summed E-state index contributed by atoms with van der Waals surface area (Å²) < 4.78 is 5.06. The van der Waals surface area contributed by atoms with E-state index in [4.69, 9.17) is 4.74 Å². The first kappa shape index (κ1) is 7.58. The molecule has 1 aliphatic heterocycles. The lowest BCUT2D eigenvalue weighted by Gasteiger charge is -2.30. The van der Waals surface area contributed by atoms with Gasteiger partial charge in [0.2, 0.25) is 5.91 Å². The van der Waals surface area contributed by atoms with Crippen molar-refractivity contribution in [1.82, 2.24) is 4.90 Å². The lowest BCUT2D eigenvalue weighted by molar-refractivity contribution is -0.141. The molecule has 1 heterocycles. The van der Waals surface area contributed by atoms with E-state index in [2.05, 4.69) is 0 Å². The molecule has 0 radical (unpaired) electrons. The van der Waals surface area contributed by atoms with Crippen molar-refractivity contribution in [3.05, 3.63) is 0 Å². The quantitative estimate of drug-likeness (QED) is 0.538. The van der Waals surface area contributed by atoms with Gasteiger partial charge in [0, 0.05) is 7.05 Å². The van der Waals surface area contributed by atoms with Crippen LogP contribution < -0.4 is 0 Å². The summed E-state index contributed by atoms with van der Waals surface area (Å²) in [6.45, 7) is 0. The summed E-state index contributed by atoms with van der Waals surface area (Å²) in [7, 11) is 1.47. The number of imide groups is 1. The fourth-order valence-electron chi connectivity index (χ4n) is 1.90. The average molecular weight is 169 g/mol. The molecule has 1 saturated carbocycles. The Morgan fingerprint density at radius 3 is 2.92 bits per heavy atom. The molecule has 0 aromatic rings. The second-order valence-electron chi connectivity index (χ2n) is 3.36. The van der Waals surface area contributed by atoms with E-state index in [1.165, 1.54) is 7.05 Å². The summed E-state index contributed by atoms with van der Waals surface area (Å²) in [5.41, 5.74) is 0. The molecule has 1 saturated heterocycles. The highest BCUT2D eigenvalue weighted by Gasteiger charge is 2.43. The minimum atomic E-state index is -0.497. The van der Waals surface area contributed by atoms with Crippen LogP contribution in [0.1, 0.15) is 19.3 Å². The molecule has 2 amide bonds. The van der Waals surface area contributed by atoms with E-state index in [-0.39, 0.29) is 17.9 Å². The van der Waals surface area contributed by atoms with Crippen LogP contribution in [0, 0.1) is 5.92 Å². The molecule has 0 bridgehead atoms. The Hall–Kier alpha value is -1.06. The van der Waals surface area contributed by atoms with E-state index in [0.717, 1.165) is 24.2 Å². The zero-order valence-electron chi connectivity index (χ0n) is 6.95. The second-order valence-corrected chi connectivity index (χ2v) is 3.36. The minimum Gasteiger partial charge on any atom is -0.445 e. The smallest absolute Gasteiger partial charge is 0.416 e. The van der Waals surface area contributed by atoms with Gasteiger partial charge in [-0.05, 0) is 19.3 Å². The van der Waals surface area contributed by atoms with Crippen molar-refractivity contribution in [2.45, 2.75) is 25.4 Å². The number of carbonyl (C=O) groups is 2. The Bertz CT molecular complexity index is 238. The van der Waals surface area contributed by atoms with Gasteiger partial charge in [0.05, 0.1) is 5.92 Å². The normalized spacial score (nSPS) is 34.9. The third kappa shape index (κ3) is 0.906. The van der Waals surface area contributed by atoms with Crippen LogP contribution in [0.5, 0.6) is 0 Å². The highest BCUT2D eigenvalue weighted by atomic mass is 16.6. The molecule has 0 aromatic heterocycles. The van der Waals surface area contributed by atoms with Crippen LogP contribution in [0.15, 0.2) is 0 Å². The number of amides is 2. The lowest BCUT2D eigenvalue weighted by Crippen LogP contribution is -2.48. The molecule has 2 unspecified atom stereocenters. The molecule has 12 heavy (non-hydrogen) atoms. The van der Waals surface area contributed by atoms with E-state index in [0.29, 0.717) is 0 Å². The standard InChI is InChI=1S/C8H11NO3/c1-9-7(10)5-3-2-4-6(5)12-8(9)11/h5-6H,2-4H2,1H3. The highest BCUT2D eigenvalue weighted by Crippen LogP contribution is 2.33. The summed E-state index contributed by atoms with van der Waals surface area (Å²) in [5, 5.41) is 0. The van der Waals surface area contributed by atoms with Crippen LogP contribution in [0.25, 0.3) is 0 Å². The molecule has 66 valence electrons. The number of rotatable bonds is 0. The number of hydrogen-bond donors (Lipinski definition) is 0. The zero-order valence-corrected chi connectivity index (χ0v) is 6.95. The van der Waals surface area contributed by atoms with E-state index in [9.17, 15) is 9.59 Å². The molecule has 2 aliphatic rings. The first-order valence-electron chi connectivity index (χ1n) is 4.18. The van der Waals surface area contributed by atoms with Crippen LogP contribution in [-0.2, 0) is 9.53 Å². The van der Waals surface area contributed by atoms with Gasteiger partial charge in [-0.15, -0.1) is 0 Å². The topological polar surface area (TPSA) is 46.6 Å². The predicted molar refractivity (Wildman–Crippen MR) is 40.4 cm³/mol. The van der Waals surface area contributed by atoms with Crippen molar-refractivity contribution in [2.75, 3.05) is 7.05 Å². The van der Waals surface area contributed by atoms with Crippen molar-refractivity contribution in [1.29, 1.82) is 0 Å². The van der Waals surface area contributed by atoms with Gasteiger partial charge in [-0.1, -0.05) is 0 Å². The number of fused-ring (bicyclic) bond motifs is 1. The Kier molecular flexibility index (Phi) is 1.56. The first-order valence-corrected chi connectivity index (χ1v) is 4.18. The van der Waals surface area contributed by atoms with Gasteiger partial charge in [0.25, 0.3) is 0 Å². The molecule has 0 N–H and O–H groups in total. The fraction of sp³-hybridized carbons (Fsp3) is 0.750. The third-order valence-corrected chi connectivity index (χ3v) is 2.63. The number of nitrogens with zero attached hydrogens (tertiary/aromatic N) is 1. The van der Waals surface area contributed by atoms with Gasteiger partial charge in [-0.25, -0.2) is 4.79 Å². The van der Waals surface area contributed by atoms with Crippen LogP contribution >= 0.6 is 0 Å². The maximum atomic E-state index is 11.4. The maximum Gasteiger partial charge on any atom is 0.416 e. The zero-order chi connectivity index (χ0) is 8.72. The third-order valence-electron chi connectivity index (χ3n) is 2.63. The Balaban J connectivity index is 2.21. The lowest BCUT2D eigenvalue weighted by atomic mass is 10.0. The van der Waals surface area contributed by atoms with Gasteiger partial charge in [0.1, 0.15) is 6.10 Å². The Morgan fingerprint density at radius 2 is 2.17 bits per heavy atom. The monoisotopic (exact) mass is 169 g/mol. The van der Waals surface area contributed by atoms with Crippen molar-refractivity contribution < 1.29 is 14.3 Å². The van der Waals surface area contributed by atoms with Crippen LogP contribution in [-0.4, -0.2) is 30.1 Å². The van der Waals surface area contributed by atoms with Crippen LogP contribution in [0.2, 0.25) is 0 Å². The van der Waals surface area contributed by atoms with Crippen molar-refractivity contribution in [3.63, 3.8) is 0 Å². The average Bonchev–Trinajstić information content (AvgIpc) is 2.48. The number of ether oxygens (including phenoxy) is 1. The summed E-state index contributed by atoms with van der Waals surface area (Å²) in [6.07, 6.45) is 2.06. The molecular formula is C8H11NO3. The first-order chi connectivity index (χ1) is 5.70. The van der Waals surface area contributed by atoms with E-state index >= 15 is 0 Å². The molecule has 0 spiro atoms. The van der Waals surface area contributed by atoms with Gasteiger partial charge >= 0.3 is 6.09 Å². The number of carbonyl (C=O) groups excluding carboxylic acids is 2. The maximum absolute atomic E-state index is 11.4. The molecule has 0 aromatic carbocycles. The van der Waals surface area contributed by atoms with E-state index in [1.54, 1.807) is 0 Å². The van der Waals surface area contributed by atoms with Gasteiger partial charge in [-0.3, -0.25) is 9.69 Å². The predicted octanol–water partition coefficient (Wildman–Crippen LogP) is 0.764. The molecule has 4 nitrogen and oxygen atoms in total. The molecule has 2 fully saturated rings. The van der Waals surface area contributed by atoms with Crippen molar-refractivity contribution in [3.8, 4) is 0 Å². The summed E-state index contributed by atoms with van der Waals surface area (Å²) in [4.78, 5) is 23.5. The highest BCUT2D eigenvalue weighted by molar-refractivity contribution is 5.95. The Morgan fingerprint density at radius 1 is 1.42 bits per heavy atom. The largest absolute Gasteiger partial charge is 0.445 e. The van der Waals surface area contributed by atoms with Gasteiger partial charge < -0.3 is 4.74 Å². The summed E-state index contributed by atoms with van der Waals surface area (Å²) in [5.74, 6) is -0.138. The van der Waals surface area contributed by atoms with Crippen molar-refractivity contribution >= 4 is 12.0 Å². The minimum absolute atomic E-state index is 0.0623. The molecular weight excluding hydrogens is 158 g/mol. The summed E-state index contributed by atoms with van der Waals surface area (Å²) >= 11 is 0. The SMILES string of the molecule is CN1C(=O)OC2CCCC2C1=O. The van der Waals surface area contributed by atoms with E-state index < -0.39 is 6.09 Å². The van der Waals surface area contributed by atoms with Crippen LogP contribution in [0.3, 0.4) is 0 Å². The van der Waals surface area contributed by atoms with Gasteiger partial charge in [-0.2, -0.15) is 0 Å². The second kappa shape index (κ2) is 2.47. The number of hydrogen-bond acceptors (Lipinski definition) is 3. The Labute approximate surface area is 70.5 Å².